The van der Waals surface area contributed by atoms with Gasteiger partial charge in [-0.3, -0.25) is 0 Å². The van der Waals surface area contributed by atoms with E-state index in [1.807, 2.05) is 12.1 Å². The van der Waals surface area contributed by atoms with Gasteiger partial charge < -0.3 is 19.0 Å². The third-order valence-corrected chi connectivity index (χ3v) is 12.6. The van der Waals surface area contributed by atoms with Gasteiger partial charge in [0.05, 0.1) is 11.4 Å². The smallest absolute Gasteiger partial charge is 0.159 e. The zero-order valence-electron chi connectivity index (χ0n) is 35.0. The number of hydrogen-bond donors (Lipinski definition) is 0. The zero-order chi connectivity index (χ0) is 42.4. The second-order valence-electron chi connectivity index (χ2n) is 16.4. The number of fused-ring (bicyclic) bond motifs is 6. The topological polar surface area (TPSA) is 28.9 Å². The van der Waals surface area contributed by atoms with Crippen LogP contribution < -0.4 is 14.5 Å². The molecule has 2 unspecified atom stereocenters. The molecule has 2 aliphatic rings. The largest absolute Gasteiger partial charge is 0.483 e. The lowest BCUT2D eigenvalue weighted by Crippen LogP contribution is -2.16. The third kappa shape index (κ3) is 6.47. The van der Waals surface area contributed by atoms with E-state index in [-0.39, 0.29) is 12.0 Å². The second kappa shape index (κ2) is 15.8. The van der Waals surface area contributed by atoms with Gasteiger partial charge in [-0.15, -0.1) is 0 Å². The van der Waals surface area contributed by atoms with Crippen molar-refractivity contribution < 1.29 is 9.15 Å². The van der Waals surface area contributed by atoms with Gasteiger partial charge in [-0.25, -0.2) is 0 Å². The Morgan fingerprint density at radius 3 is 1.55 bits per heavy atom. The van der Waals surface area contributed by atoms with E-state index in [2.05, 4.69) is 240 Å². The summed E-state index contributed by atoms with van der Waals surface area (Å²) in [4.78, 5) is 4.64. The van der Waals surface area contributed by atoms with Gasteiger partial charge in [-0.2, -0.15) is 0 Å². The van der Waals surface area contributed by atoms with Crippen LogP contribution in [0.3, 0.4) is 0 Å². The molecule has 10 aromatic rings. The van der Waals surface area contributed by atoms with Crippen molar-refractivity contribution in [2.75, 3.05) is 9.80 Å². The Balaban J connectivity index is 0.962. The van der Waals surface area contributed by atoms with Crippen LogP contribution in [0.1, 0.15) is 11.5 Å². The standard InChI is InChI=1S/C60H42N2O2/c1-3-21-43(22-4-1)61(55-35-17-33-53-51-31-11-13-37-57(51)63-59(53)55)45-25-15-19-41(39-45)47-27-7-9-29-49(47)50-30-10-8-28-48(50)42-20-16-26-46(40-42)62(44-23-5-2-6-24-44)56-36-18-34-54-52-32-12-14-38-58(52)64-60(54)56/h1-40,51,57H. The highest BCUT2D eigenvalue weighted by Crippen LogP contribution is 2.51. The van der Waals surface area contributed by atoms with E-state index in [1.54, 1.807) is 0 Å². The Hall–Kier alpha value is -8.34. The molecule has 1 aromatic heterocycles. The number of nitrogens with zero attached hydrogens (tertiary/aromatic N) is 2. The van der Waals surface area contributed by atoms with Crippen LogP contribution in [0.25, 0.3) is 55.3 Å². The molecule has 0 bridgehead atoms. The maximum Gasteiger partial charge on any atom is 0.159 e. The summed E-state index contributed by atoms with van der Waals surface area (Å²) in [5.41, 5.74) is 16.0. The highest BCUT2D eigenvalue weighted by molar-refractivity contribution is 6.10. The summed E-state index contributed by atoms with van der Waals surface area (Å²) >= 11 is 0. The summed E-state index contributed by atoms with van der Waals surface area (Å²) < 4.78 is 13.3. The van der Waals surface area contributed by atoms with Gasteiger partial charge >= 0.3 is 0 Å². The molecule has 0 radical (unpaired) electrons. The van der Waals surface area contributed by atoms with E-state index in [0.29, 0.717) is 0 Å². The molecule has 4 heteroatoms. The summed E-state index contributed by atoms with van der Waals surface area (Å²) in [7, 11) is 0. The molecule has 0 spiro atoms. The van der Waals surface area contributed by atoms with Crippen molar-refractivity contribution in [2.24, 2.45) is 0 Å². The Labute approximate surface area is 372 Å². The SMILES string of the molecule is C1=CC2Oc3c(cccc3N(c3ccccc3)c3cccc(-c4ccccc4-c4ccccc4-c4cccc(N(c5ccccc5)c5cccc6c5oc5ccccc56)c4)c3)C2C=C1. The van der Waals surface area contributed by atoms with Crippen molar-refractivity contribution >= 4 is 56.1 Å². The first kappa shape index (κ1) is 37.4. The number of rotatable bonds is 9. The van der Waals surface area contributed by atoms with Gasteiger partial charge in [0.2, 0.25) is 0 Å². The van der Waals surface area contributed by atoms with Crippen molar-refractivity contribution in [3.05, 3.63) is 248 Å². The van der Waals surface area contributed by atoms with Crippen molar-refractivity contribution in [3.63, 3.8) is 0 Å². The van der Waals surface area contributed by atoms with Gasteiger partial charge in [0, 0.05) is 45.0 Å². The molecule has 0 saturated carbocycles. The molecular formula is C60H42N2O2. The molecule has 2 heterocycles. The number of anilines is 6. The average Bonchev–Trinajstić information content (AvgIpc) is 3.95. The lowest BCUT2D eigenvalue weighted by molar-refractivity contribution is 0.269. The van der Waals surface area contributed by atoms with Gasteiger partial charge in [0.15, 0.2) is 5.58 Å². The van der Waals surface area contributed by atoms with Crippen molar-refractivity contribution in [1.29, 1.82) is 0 Å². The van der Waals surface area contributed by atoms with Crippen LogP contribution in [0.2, 0.25) is 0 Å². The number of furan rings is 1. The molecule has 0 saturated heterocycles. The van der Waals surface area contributed by atoms with Crippen LogP contribution >= 0.6 is 0 Å². The lowest BCUT2D eigenvalue weighted by Gasteiger charge is -2.27. The minimum atomic E-state index is -0.00918. The van der Waals surface area contributed by atoms with E-state index >= 15 is 0 Å². The number of benzene rings is 9. The summed E-state index contributed by atoms with van der Waals surface area (Å²) in [5, 5.41) is 2.20. The normalized spacial score (nSPS) is 14.9. The molecule has 1 aliphatic heterocycles. The van der Waals surface area contributed by atoms with E-state index in [9.17, 15) is 0 Å². The van der Waals surface area contributed by atoms with Crippen LogP contribution in [0.5, 0.6) is 5.75 Å². The molecule has 64 heavy (non-hydrogen) atoms. The fraction of sp³-hybridized carbons (Fsp3) is 0.0333. The first-order chi connectivity index (χ1) is 31.8. The minimum absolute atomic E-state index is 0.00918. The fourth-order valence-electron chi connectivity index (χ4n) is 9.71. The predicted octanol–water partition coefficient (Wildman–Crippen LogP) is 16.5. The van der Waals surface area contributed by atoms with E-state index in [4.69, 9.17) is 9.15 Å². The van der Waals surface area contributed by atoms with Crippen molar-refractivity contribution in [3.8, 4) is 39.1 Å². The lowest BCUT2D eigenvalue weighted by atomic mass is 9.89. The molecule has 9 aromatic carbocycles. The van der Waals surface area contributed by atoms with E-state index in [1.165, 1.54) is 5.56 Å². The highest BCUT2D eigenvalue weighted by atomic mass is 16.5. The number of allylic oxidation sites excluding steroid dienone is 2. The molecule has 0 N–H and O–H groups in total. The summed E-state index contributed by atoms with van der Waals surface area (Å²) in [6.07, 6.45) is 8.61. The van der Waals surface area contributed by atoms with Gasteiger partial charge in [0.25, 0.3) is 0 Å². The zero-order valence-corrected chi connectivity index (χ0v) is 35.0. The summed E-state index contributed by atoms with van der Waals surface area (Å²) in [5.74, 6) is 1.13. The quantitative estimate of drug-likeness (QED) is 0.145. The van der Waals surface area contributed by atoms with Gasteiger partial charge in [-0.1, -0.05) is 170 Å². The molecule has 1 aliphatic carbocycles. The molecule has 0 fully saturated rings. The fourth-order valence-corrected chi connectivity index (χ4v) is 9.71. The minimum Gasteiger partial charge on any atom is -0.483 e. The molecule has 4 nitrogen and oxygen atoms in total. The van der Waals surface area contributed by atoms with Crippen LogP contribution in [0.15, 0.2) is 247 Å². The Kier molecular flexibility index (Phi) is 9.27. The van der Waals surface area contributed by atoms with Gasteiger partial charge in [-0.05, 0) is 106 Å². The molecule has 0 amide bonds. The number of para-hydroxylation sites is 5. The van der Waals surface area contributed by atoms with Crippen LogP contribution in [-0.2, 0) is 0 Å². The van der Waals surface area contributed by atoms with Crippen LogP contribution in [0.4, 0.5) is 34.1 Å². The molecular weight excluding hydrogens is 781 g/mol. The first-order valence-electron chi connectivity index (χ1n) is 21.9. The first-order valence-corrected chi connectivity index (χ1v) is 21.9. The van der Waals surface area contributed by atoms with Crippen molar-refractivity contribution in [2.45, 2.75) is 12.0 Å². The average molecular weight is 823 g/mol. The number of hydrogen-bond acceptors (Lipinski definition) is 4. The third-order valence-electron chi connectivity index (χ3n) is 12.6. The second-order valence-corrected chi connectivity index (χ2v) is 16.4. The maximum atomic E-state index is 6.73. The predicted molar refractivity (Wildman–Crippen MR) is 265 cm³/mol. The molecule has 12 rings (SSSR count). The Morgan fingerprint density at radius 1 is 0.375 bits per heavy atom. The Bertz CT molecular complexity index is 3400. The Morgan fingerprint density at radius 2 is 0.875 bits per heavy atom. The molecule has 304 valence electrons. The summed E-state index contributed by atoms with van der Waals surface area (Å²) in [6.45, 7) is 0. The number of ether oxygens (including phenoxy) is 1. The van der Waals surface area contributed by atoms with Crippen molar-refractivity contribution in [1.82, 2.24) is 0 Å². The van der Waals surface area contributed by atoms with Gasteiger partial charge in [0.1, 0.15) is 17.4 Å². The van der Waals surface area contributed by atoms with Crippen LogP contribution in [-0.4, -0.2) is 6.10 Å². The van der Waals surface area contributed by atoms with E-state index in [0.717, 1.165) is 95.2 Å². The highest BCUT2D eigenvalue weighted by Gasteiger charge is 2.35. The van der Waals surface area contributed by atoms with Crippen LogP contribution in [0, 0.1) is 0 Å². The van der Waals surface area contributed by atoms with E-state index < -0.39 is 0 Å². The molecule has 2 atom stereocenters. The summed E-state index contributed by atoms with van der Waals surface area (Å²) in [6, 6.07) is 77.7. The monoisotopic (exact) mass is 822 g/mol. The maximum absolute atomic E-state index is 6.73.